The van der Waals surface area contributed by atoms with E-state index in [2.05, 4.69) is 4.90 Å². The number of para-hydroxylation sites is 1. The van der Waals surface area contributed by atoms with Crippen molar-refractivity contribution in [1.82, 2.24) is 14.0 Å². The lowest BCUT2D eigenvalue weighted by atomic mass is 9.73. The molecule has 35 heavy (non-hydrogen) atoms. The third-order valence-corrected chi connectivity index (χ3v) is 9.52. The molecular weight excluding hydrogens is 442 g/mol. The van der Waals surface area contributed by atoms with Crippen molar-refractivity contribution in [1.29, 1.82) is 0 Å². The van der Waals surface area contributed by atoms with E-state index in [0.717, 1.165) is 37.5 Å². The number of piperidine rings is 2. The van der Waals surface area contributed by atoms with Crippen molar-refractivity contribution in [3.05, 3.63) is 45.1 Å². The zero-order valence-corrected chi connectivity index (χ0v) is 20.5. The molecular formula is C28H37N3O4. The average Bonchev–Trinajstić information content (AvgIpc) is 3.00. The molecule has 1 aromatic carbocycles. The van der Waals surface area contributed by atoms with Crippen molar-refractivity contribution >= 4 is 16.9 Å². The first-order valence-corrected chi connectivity index (χ1v) is 13.7. The van der Waals surface area contributed by atoms with Gasteiger partial charge in [-0.2, -0.15) is 0 Å². The number of carboxylic acids is 1. The van der Waals surface area contributed by atoms with Gasteiger partial charge in [0.25, 0.3) is 5.56 Å². The number of aliphatic carboxylic acids is 1. The number of benzene rings is 1. The van der Waals surface area contributed by atoms with Crippen LogP contribution in [0.25, 0.3) is 10.9 Å². The Bertz CT molecular complexity index is 1200. The summed E-state index contributed by atoms with van der Waals surface area (Å²) in [6.07, 6.45) is 14.7. The van der Waals surface area contributed by atoms with Crippen molar-refractivity contribution in [2.75, 3.05) is 0 Å². The Morgan fingerprint density at radius 3 is 2.11 bits per heavy atom. The second kappa shape index (κ2) is 9.23. The van der Waals surface area contributed by atoms with Crippen LogP contribution in [0.1, 0.15) is 83.1 Å². The first-order valence-electron chi connectivity index (χ1n) is 13.7. The van der Waals surface area contributed by atoms with Gasteiger partial charge in [-0.05, 0) is 68.9 Å². The summed E-state index contributed by atoms with van der Waals surface area (Å²) in [4.78, 5) is 41.5. The summed E-state index contributed by atoms with van der Waals surface area (Å²) in [6.45, 7) is -0.434. The van der Waals surface area contributed by atoms with Crippen molar-refractivity contribution in [2.24, 2.45) is 11.8 Å². The van der Waals surface area contributed by atoms with Crippen LogP contribution in [0.5, 0.6) is 0 Å². The third kappa shape index (κ3) is 4.15. The van der Waals surface area contributed by atoms with E-state index in [1.54, 1.807) is 24.3 Å². The maximum atomic E-state index is 13.6. The summed E-state index contributed by atoms with van der Waals surface area (Å²) in [5, 5.41) is 9.89. The summed E-state index contributed by atoms with van der Waals surface area (Å²) in [7, 11) is 0. The van der Waals surface area contributed by atoms with Crippen LogP contribution in [-0.4, -0.2) is 43.2 Å². The van der Waals surface area contributed by atoms with Crippen LogP contribution in [-0.2, 0) is 11.3 Å². The van der Waals surface area contributed by atoms with Crippen LogP contribution < -0.4 is 11.2 Å². The van der Waals surface area contributed by atoms with E-state index in [4.69, 9.17) is 0 Å². The van der Waals surface area contributed by atoms with Crippen molar-refractivity contribution in [3.8, 4) is 0 Å². The van der Waals surface area contributed by atoms with Gasteiger partial charge in [0.2, 0.25) is 0 Å². The van der Waals surface area contributed by atoms with Crippen LogP contribution >= 0.6 is 0 Å². The Kier molecular flexibility index (Phi) is 6.07. The van der Waals surface area contributed by atoms with Crippen LogP contribution in [0, 0.1) is 11.8 Å². The topological polar surface area (TPSA) is 84.5 Å². The number of hydrogen-bond acceptors (Lipinski definition) is 4. The molecule has 6 atom stereocenters. The van der Waals surface area contributed by atoms with Crippen LogP contribution in [0.3, 0.4) is 0 Å². The van der Waals surface area contributed by atoms with E-state index < -0.39 is 18.2 Å². The molecule has 7 nitrogen and oxygen atoms in total. The summed E-state index contributed by atoms with van der Waals surface area (Å²) < 4.78 is 2.68. The fourth-order valence-electron chi connectivity index (χ4n) is 8.26. The predicted molar refractivity (Wildman–Crippen MR) is 135 cm³/mol. The highest BCUT2D eigenvalue weighted by Gasteiger charge is 2.45. The fourth-order valence-corrected chi connectivity index (χ4v) is 8.26. The molecule has 4 bridgehead atoms. The minimum absolute atomic E-state index is 0.169. The zero-order valence-electron chi connectivity index (χ0n) is 20.5. The molecule has 0 amide bonds. The normalized spacial score (nSPS) is 33.4. The van der Waals surface area contributed by atoms with Gasteiger partial charge in [-0.25, -0.2) is 4.79 Å². The molecule has 7 heteroatoms. The summed E-state index contributed by atoms with van der Waals surface area (Å²) in [5.41, 5.74) is -0.340. The Morgan fingerprint density at radius 2 is 1.46 bits per heavy atom. The van der Waals surface area contributed by atoms with Crippen molar-refractivity contribution < 1.29 is 9.90 Å². The van der Waals surface area contributed by atoms with Gasteiger partial charge in [0, 0.05) is 24.2 Å². The van der Waals surface area contributed by atoms with Crippen LogP contribution in [0.4, 0.5) is 0 Å². The standard InChI is InChI=1S/C28H37N3O4/c32-26(33)17-29-25-11-4-3-10-24(25)27(34)31(28(29)35)23-15-20-8-5-9-21(16-23)30(20)22-13-18-6-1-2-7-19(12-18)14-22/h3-4,10-11,18-23H,1-2,5-9,12-17H2,(H,32,33)/t18-,19+,20-,21+,22-,23?. The number of nitrogens with zero attached hydrogens (tertiary/aromatic N) is 3. The summed E-state index contributed by atoms with van der Waals surface area (Å²) >= 11 is 0. The SMILES string of the molecule is O=C(O)Cn1c(=O)n(C2C[C@H]3CCC[C@@H](C2)N3[C@@H]2C[C@@H]3CCCC[C@@H](C3)C2)c(=O)c2ccccc21. The highest BCUT2D eigenvalue weighted by molar-refractivity contribution is 5.79. The van der Waals surface area contributed by atoms with Gasteiger partial charge >= 0.3 is 11.7 Å². The van der Waals surface area contributed by atoms with E-state index in [1.165, 1.54) is 60.5 Å². The van der Waals surface area contributed by atoms with E-state index in [9.17, 15) is 19.5 Å². The molecule has 1 unspecified atom stereocenters. The number of carbonyl (C=O) groups is 1. The molecule has 4 fully saturated rings. The number of rotatable bonds is 4. The molecule has 2 aromatic rings. The minimum atomic E-state index is -1.08. The quantitative estimate of drug-likeness (QED) is 0.712. The van der Waals surface area contributed by atoms with Crippen molar-refractivity contribution in [3.63, 3.8) is 0 Å². The lowest BCUT2D eigenvalue weighted by molar-refractivity contribution is -0.137. The lowest BCUT2D eigenvalue weighted by Crippen LogP contribution is -2.59. The molecule has 188 valence electrons. The largest absolute Gasteiger partial charge is 0.480 e. The number of fused-ring (bicyclic) bond motifs is 5. The third-order valence-electron chi connectivity index (χ3n) is 9.52. The van der Waals surface area contributed by atoms with E-state index in [-0.39, 0.29) is 11.6 Å². The zero-order chi connectivity index (χ0) is 24.1. The van der Waals surface area contributed by atoms with Gasteiger partial charge in [0.05, 0.1) is 10.9 Å². The van der Waals surface area contributed by atoms with E-state index in [1.807, 2.05) is 0 Å². The fraction of sp³-hybridized carbons (Fsp3) is 0.679. The van der Waals surface area contributed by atoms with Gasteiger partial charge in [-0.1, -0.05) is 44.2 Å². The van der Waals surface area contributed by atoms with E-state index in [0.29, 0.717) is 29.0 Å². The van der Waals surface area contributed by atoms with Crippen LogP contribution in [0.15, 0.2) is 33.9 Å². The van der Waals surface area contributed by atoms with Gasteiger partial charge in [-0.15, -0.1) is 0 Å². The molecule has 6 rings (SSSR count). The highest BCUT2D eigenvalue weighted by Crippen LogP contribution is 2.46. The Labute approximate surface area is 205 Å². The first-order chi connectivity index (χ1) is 17.0. The maximum Gasteiger partial charge on any atom is 0.332 e. The summed E-state index contributed by atoms with van der Waals surface area (Å²) in [6, 6.07) is 8.20. The molecule has 3 heterocycles. The second-order valence-corrected chi connectivity index (χ2v) is 11.6. The monoisotopic (exact) mass is 479 g/mol. The first kappa shape index (κ1) is 23.0. The molecule has 0 radical (unpaired) electrons. The molecule has 2 saturated carbocycles. The smallest absolute Gasteiger partial charge is 0.332 e. The van der Waals surface area contributed by atoms with Gasteiger partial charge in [-0.3, -0.25) is 23.6 Å². The number of aromatic nitrogens is 2. The summed E-state index contributed by atoms with van der Waals surface area (Å²) in [5.74, 6) is 0.657. The Hall–Kier alpha value is -2.41. The molecule has 2 saturated heterocycles. The van der Waals surface area contributed by atoms with Gasteiger partial charge < -0.3 is 5.11 Å². The molecule has 1 N–H and O–H groups in total. The Balaban J connectivity index is 1.34. The average molecular weight is 480 g/mol. The van der Waals surface area contributed by atoms with Crippen molar-refractivity contribution in [2.45, 2.75) is 108 Å². The van der Waals surface area contributed by atoms with Gasteiger partial charge in [0.1, 0.15) is 6.54 Å². The van der Waals surface area contributed by atoms with Gasteiger partial charge in [0.15, 0.2) is 0 Å². The molecule has 2 aliphatic heterocycles. The molecule has 4 aliphatic rings. The highest BCUT2D eigenvalue weighted by atomic mass is 16.4. The second-order valence-electron chi connectivity index (χ2n) is 11.6. The molecule has 0 spiro atoms. The predicted octanol–water partition coefficient (Wildman–Crippen LogP) is 4.16. The Morgan fingerprint density at radius 1 is 0.800 bits per heavy atom. The molecule has 2 aliphatic carbocycles. The van der Waals surface area contributed by atoms with Crippen LogP contribution in [0.2, 0.25) is 0 Å². The lowest BCUT2D eigenvalue weighted by Gasteiger charge is -2.54. The maximum absolute atomic E-state index is 13.6. The number of carboxylic acid groups (broad SMARTS) is 1. The van der Waals surface area contributed by atoms with E-state index >= 15 is 0 Å². The minimum Gasteiger partial charge on any atom is -0.480 e. The molecule has 1 aromatic heterocycles. The number of hydrogen-bond donors (Lipinski definition) is 1.